The van der Waals surface area contributed by atoms with Gasteiger partial charge in [0.25, 0.3) is 0 Å². The Morgan fingerprint density at radius 3 is 2.81 bits per heavy atom. The molecular formula is C16H21BrFN3. The quantitative estimate of drug-likeness (QED) is 0.804. The van der Waals surface area contributed by atoms with Crippen LogP contribution in [0.15, 0.2) is 22.7 Å². The molecule has 5 heteroatoms. The van der Waals surface area contributed by atoms with Gasteiger partial charge in [0.15, 0.2) is 0 Å². The van der Waals surface area contributed by atoms with E-state index in [1.807, 2.05) is 11.6 Å². The average Bonchev–Trinajstić information content (AvgIpc) is 2.70. The molecule has 1 N–H and O–H groups in total. The van der Waals surface area contributed by atoms with Crippen LogP contribution in [-0.2, 0) is 13.0 Å². The monoisotopic (exact) mass is 353 g/mol. The smallest absolute Gasteiger partial charge is 0.123 e. The molecule has 0 bridgehead atoms. The first-order valence-electron chi connectivity index (χ1n) is 7.20. The number of nitrogens with zero attached hydrogens (tertiary/aromatic N) is 2. The van der Waals surface area contributed by atoms with Crippen molar-refractivity contribution >= 4 is 15.9 Å². The first-order valence-corrected chi connectivity index (χ1v) is 7.99. The Labute approximate surface area is 133 Å². The number of nitrogens with one attached hydrogen (secondary N) is 1. The molecule has 21 heavy (non-hydrogen) atoms. The molecule has 0 radical (unpaired) electrons. The van der Waals surface area contributed by atoms with Gasteiger partial charge >= 0.3 is 0 Å². The third-order valence-corrected chi connectivity index (χ3v) is 4.43. The molecule has 1 aromatic heterocycles. The predicted octanol–water partition coefficient (Wildman–Crippen LogP) is 3.60. The van der Waals surface area contributed by atoms with E-state index in [-0.39, 0.29) is 5.82 Å². The zero-order valence-electron chi connectivity index (χ0n) is 12.7. The minimum absolute atomic E-state index is 0.220. The van der Waals surface area contributed by atoms with Crippen LogP contribution in [0.4, 0.5) is 4.39 Å². The van der Waals surface area contributed by atoms with E-state index in [9.17, 15) is 4.39 Å². The molecule has 2 rings (SSSR count). The lowest BCUT2D eigenvalue weighted by molar-refractivity contribution is 0.614. The highest BCUT2D eigenvalue weighted by molar-refractivity contribution is 9.10. The van der Waals surface area contributed by atoms with Crippen molar-refractivity contribution in [2.45, 2.75) is 33.7 Å². The molecule has 0 saturated heterocycles. The lowest BCUT2D eigenvalue weighted by Gasteiger charge is -2.08. The van der Waals surface area contributed by atoms with E-state index in [2.05, 4.69) is 40.2 Å². The van der Waals surface area contributed by atoms with Crippen molar-refractivity contribution in [3.63, 3.8) is 0 Å². The molecule has 114 valence electrons. The lowest BCUT2D eigenvalue weighted by atomic mass is 10.1. The van der Waals surface area contributed by atoms with Crippen molar-refractivity contribution in [1.82, 2.24) is 15.1 Å². The number of halogens is 2. The molecular weight excluding hydrogens is 333 g/mol. The van der Waals surface area contributed by atoms with Crippen molar-refractivity contribution in [3.8, 4) is 0 Å². The van der Waals surface area contributed by atoms with Gasteiger partial charge in [-0.05, 0) is 62.7 Å². The topological polar surface area (TPSA) is 29.9 Å². The normalized spacial score (nSPS) is 11.1. The minimum Gasteiger partial charge on any atom is -0.317 e. The molecule has 0 amide bonds. The van der Waals surface area contributed by atoms with E-state index in [1.54, 1.807) is 12.1 Å². The fourth-order valence-corrected chi connectivity index (χ4v) is 2.84. The van der Waals surface area contributed by atoms with Crippen molar-refractivity contribution in [2.24, 2.45) is 0 Å². The van der Waals surface area contributed by atoms with Crippen LogP contribution in [0.25, 0.3) is 0 Å². The van der Waals surface area contributed by atoms with E-state index in [0.717, 1.165) is 40.9 Å². The van der Waals surface area contributed by atoms with E-state index < -0.39 is 0 Å². The van der Waals surface area contributed by atoms with Gasteiger partial charge in [-0.1, -0.05) is 22.9 Å². The largest absolute Gasteiger partial charge is 0.317 e. The lowest BCUT2D eigenvalue weighted by Crippen LogP contribution is -2.16. The van der Waals surface area contributed by atoms with E-state index in [1.165, 1.54) is 11.6 Å². The average molecular weight is 354 g/mol. The van der Waals surface area contributed by atoms with Gasteiger partial charge in [0, 0.05) is 10.2 Å². The number of benzene rings is 1. The van der Waals surface area contributed by atoms with Crippen LogP contribution >= 0.6 is 15.9 Å². The van der Waals surface area contributed by atoms with Gasteiger partial charge < -0.3 is 5.32 Å². The number of hydrogen-bond acceptors (Lipinski definition) is 2. The van der Waals surface area contributed by atoms with Crippen LogP contribution in [0.3, 0.4) is 0 Å². The van der Waals surface area contributed by atoms with Crippen LogP contribution in [0.5, 0.6) is 0 Å². The van der Waals surface area contributed by atoms with Crippen molar-refractivity contribution < 1.29 is 4.39 Å². The number of likely N-dealkylation sites (N-methyl/N-ethyl adjacent to an activating group) is 1. The second-order valence-electron chi connectivity index (χ2n) is 5.15. The predicted molar refractivity (Wildman–Crippen MR) is 87.2 cm³/mol. The molecule has 0 saturated carbocycles. The first-order chi connectivity index (χ1) is 10.0. The molecule has 1 heterocycles. The van der Waals surface area contributed by atoms with Crippen LogP contribution in [0, 0.1) is 19.7 Å². The Hall–Kier alpha value is -1.20. The molecule has 2 aromatic rings. The summed E-state index contributed by atoms with van der Waals surface area (Å²) in [6, 6.07) is 4.75. The standard InChI is InChI=1S/C16H21BrFN3/c1-4-19-8-7-15-11(2)20-21(12(15)3)10-13-9-14(18)5-6-16(13)17/h5-6,9,19H,4,7-8,10H2,1-3H3. The molecule has 0 fully saturated rings. The third kappa shape index (κ3) is 3.92. The maximum atomic E-state index is 13.4. The first kappa shape index (κ1) is 16.2. The van der Waals surface area contributed by atoms with Gasteiger partial charge in [-0.25, -0.2) is 4.39 Å². The number of aryl methyl sites for hydroxylation is 1. The Bertz CT molecular complexity index is 622. The Kier molecular flexibility index (Phi) is 5.53. The number of aromatic nitrogens is 2. The zero-order valence-corrected chi connectivity index (χ0v) is 14.3. The minimum atomic E-state index is -0.220. The molecule has 0 unspecified atom stereocenters. The molecule has 0 aliphatic heterocycles. The fourth-order valence-electron chi connectivity index (χ4n) is 2.47. The molecule has 3 nitrogen and oxygen atoms in total. The van der Waals surface area contributed by atoms with Gasteiger partial charge in [-0.15, -0.1) is 0 Å². The SMILES string of the molecule is CCNCCc1c(C)nn(Cc2cc(F)ccc2Br)c1C. The Morgan fingerprint density at radius 1 is 1.33 bits per heavy atom. The Morgan fingerprint density at radius 2 is 2.10 bits per heavy atom. The molecule has 0 aliphatic rings. The van der Waals surface area contributed by atoms with Crippen LogP contribution in [-0.4, -0.2) is 22.9 Å². The van der Waals surface area contributed by atoms with Gasteiger partial charge in [-0.2, -0.15) is 5.10 Å². The number of hydrogen-bond donors (Lipinski definition) is 1. The molecule has 0 atom stereocenters. The fraction of sp³-hybridized carbons (Fsp3) is 0.438. The second kappa shape index (κ2) is 7.18. The highest BCUT2D eigenvalue weighted by atomic mass is 79.9. The highest BCUT2D eigenvalue weighted by Crippen LogP contribution is 2.21. The summed E-state index contributed by atoms with van der Waals surface area (Å²) in [5.41, 5.74) is 4.39. The molecule has 1 aromatic carbocycles. The van der Waals surface area contributed by atoms with Crippen LogP contribution in [0.2, 0.25) is 0 Å². The van der Waals surface area contributed by atoms with Crippen LogP contribution in [0.1, 0.15) is 29.4 Å². The maximum absolute atomic E-state index is 13.4. The summed E-state index contributed by atoms with van der Waals surface area (Å²) in [7, 11) is 0. The van der Waals surface area contributed by atoms with E-state index in [4.69, 9.17) is 0 Å². The Balaban J connectivity index is 2.21. The van der Waals surface area contributed by atoms with Gasteiger partial charge in [-0.3, -0.25) is 4.68 Å². The van der Waals surface area contributed by atoms with Crippen molar-refractivity contribution in [3.05, 3.63) is 51.0 Å². The van der Waals surface area contributed by atoms with E-state index >= 15 is 0 Å². The summed E-state index contributed by atoms with van der Waals surface area (Å²) in [5.74, 6) is -0.220. The maximum Gasteiger partial charge on any atom is 0.123 e. The van der Waals surface area contributed by atoms with Crippen molar-refractivity contribution in [2.75, 3.05) is 13.1 Å². The number of rotatable bonds is 6. The summed E-state index contributed by atoms with van der Waals surface area (Å²) in [5, 5.41) is 7.93. The zero-order chi connectivity index (χ0) is 15.4. The third-order valence-electron chi connectivity index (χ3n) is 3.66. The summed E-state index contributed by atoms with van der Waals surface area (Å²) in [6.07, 6.45) is 0.968. The molecule has 0 spiro atoms. The highest BCUT2D eigenvalue weighted by Gasteiger charge is 2.12. The van der Waals surface area contributed by atoms with Crippen LogP contribution < -0.4 is 5.32 Å². The van der Waals surface area contributed by atoms with E-state index in [0.29, 0.717) is 6.54 Å². The summed E-state index contributed by atoms with van der Waals surface area (Å²) >= 11 is 3.47. The van der Waals surface area contributed by atoms with Gasteiger partial charge in [0.1, 0.15) is 5.82 Å². The second-order valence-corrected chi connectivity index (χ2v) is 6.00. The molecule has 0 aliphatic carbocycles. The summed E-state index contributed by atoms with van der Waals surface area (Å²) in [4.78, 5) is 0. The van der Waals surface area contributed by atoms with Crippen molar-refractivity contribution in [1.29, 1.82) is 0 Å². The van der Waals surface area contributed by atoms with Gasteiger partial charge in [0.05, 0.1) is 12.2 Å². The summed E-state index contributed by atoms with van der Waals surface area (Å²) in [6.45, 7) is 8.72. The van der Waals surface area contributed by atoms with Gasteiger partial charge in [0.2, 0.25) is 0 Å². The summed E-state index contributed by atoms with van der Waals surface area (Å²) < 4.78 is 16.2.